The fourth-order valence-electron chi connectivity index (χ4n) is 2.36. The van der Waals surface area contributed by atoms with E-state index in [0.717, 1.165) is 10.5 Å². The van der Waals surface area contributed by atoms with Crippen molar-refractivity contribution in [1.29, 1.82) is 0 Å². The molecule has 1 aliphatic rings. The smallest absolute Gasteiger partial charge is 0.340 e. The average molecular weight is 316 g/mol. The van der Waals surface area contributed by atoms with E-state index in [1.807, 2.05) is 0 Å². The van der Waals surface area contributed by atoms with E-state index in [0.29, 0.717) is 6.42 Å². The van der Waals surface area contributed by atoms with E-state index in [1.54, 1.807) is 6.92 Å². The predicted molar refractivity (Wildman–Crippen MR) is 71.1 cm³/mol. The van der Waals surface area contributed by atoms with E-state index in [9.17, 15) is 18.0 Å². The second-order valence-corrected chi connectivity index (χ2v) is 7.02. The van der Waals surface area contributed by atoms with Crippen molar-refractivity contribution in [2.45, 2.75) is 18.4 Å². The summed E-state index contributed by atoms with van der Waals surface area (Å²) in [7, 11) is -2.54. The summed E-state index contributed by atoms with van der Waals surface area (Å²) < 4.78 is 26.1. The molecule has 1 saturated heterocycles. The molecule has 1 unspecified atom stereocenters. The first kappa shape index (κ1) is 15.4. The first-order valence-electron chi connectivity index (χ1n) is 6.21. The highest BCUT2D eigenvalue weighted by Gasteiger charge is 2.45. The van der Waals surface area contributed by atoms with Crippen LogP contribution in [0.1, 0.15) is 23.7 Å². The van der Waals surface area contributed by atoms with Crippen LogP contribution in [0.4, 0.5) is 0 Å². The highest BCUT2D eigenvalue weighted by molar-refractivity contribution is 7.89. The van der Waals surface area contributed by atoms with Crippen LogP contribution in [0.3, 0.4) is 0 Å². The predicted octanol–water partition coefficient (Wildman–Crippen LogP) is -0.745. The Bertz CT molecular complexity index is 683. The minimum absolute atomic E-state index is 0.00686. The van der Waals surface area contributed by atoms with Crippen molar-refractivity contribution in [1.82, 2.24) is 19.8 Å². The number of hydrogen-bond acceptors (Lipinski definition) is 5. The Kier molecular flexibility index (Phi) is 3.76. The van der Waals surface area contributed by atoms with Gasteiger partial charge in [0.1, 0.15) is 5.56 Å². The number of rotatable bonds is 4. The number of aromatic amines is 1. The van der Waals surface area contributed by atoms with Crippen LogP contribution in [0.5, 0.6) is 0 Å². The van der Waals surface area contributed by atoms with Gasteiger partial charge in [-0.3, -0.25) is 9.89 Å². The highest BCUT2D eigenvalue weighted by Crippen LogP contribution is 2.33. The monoisotopic (exact) mass is 316 g/mol. The molecule has 10 heteroatoms. The fraction of sp³-hybridized carbons (Fsp3) is 0.545. The largest absolute Gasteiger partial charge is 0.478 e. The van der Waals surface area contributed by atoms with Crippen LogP contribution in [0.25, 0.3) is 0 Å². The van der Waals surface area contributed by atoms with Crippen molar-refractivity contribution >= 4 is 21.9 Å². The minimum Gasteiger partial charge on any atom is -0.478 e. The van der Waals surface area contributed by atoms with E-state index in [-0.39, 0.29) is 19.0 Å². The molecule has 2 rings (SSSR count). The second kappa shape index (κ2) is 5.11. The molecule has 0 bridgehead atoms. The van der Waals surface area contributed by atoms with E-state index < -0.39 is 32.0 Å². The molecule has 0 aliphatic carbocycles. The molecule has 0 saturated carbocycles. The summed E-state index contributed by atoms with van der Waals surface area (Å²) in [6, 6.07) is 0. The zero-order valence-corrected chi connectivity index (χ0v) is 12.4. The normalized spacial score (nSPS) is 23.1. The molecule has 0 spiro atoms. The number of amides is 1. The Hall–Kier alpha value is -1.94. The molecule has 1 aromatic rings. The number of H-pyrrole nitrogens is 1. The van der Waals surface area contributed by atoms with Crippen molar-refractivity contribution in [3.63, 3.8) is 0 Å². The standard InChI is InChI=1S/C11H16N4O5S/c1-11(10(18)12-2)3-4-15(6-11)21(19,20)8-7(9(16)17)5-13-14-8/h5H,3-4,6H2,1-2H3,(H,12,18)(H,13,14)(H,16,17). The lowest BCUT2D eigenvalue weighted by molar-refractivity contribution is -0.128. The molecule has 1 amide bonds. The van der Waals surface area contributed by atoms with Crippen LogP contribution >= 0.6 is 0 Å². The van der Waals surface area contributed by atoms with Crippen molar-refractivity contribution in [2.24, 2.45) is 5.41 Å². The Balaban J connectivity index is 2.32. The third kappa shape index (κ3) is 2.51. The first-order chi connectivity index (χ1) is 9.72. The summed E-state index contributed by atoms with van der Waals surface area (Å²) in [6.07, 6.45) is 1.31. The summed E-state index contributed by atoms with van der Waals surface area (Å²) in [5, 5.41) is 16.7. The summed E-state index contributed by atoms with van der Waals surface area (Å²) in [5.41, 5.74) is -1.24. The van der Waals surface area contributed by atoms with E-state index in [2.05, 4.69) is 15.5 Å². The Morgan fingerprint density at radius 3 is 2.76 bits per heavy atom. The third-order valence-corrected chi connectivity index (χ3v) is 5.46. The van der Waals surface area contributed by atoms with E-state index in [4.69, 9.17) is 5.11 Å². The zero-order chi connectivity index (χ0) is 15.8. The molecule has 1 aromatic heterocycles. The van der Waals surface area contributed by atoms with Gasteiger partial charge in [-0.2, -0.15) is 9.40 Å². The maximum absolute atomic E-state index is 12.5. The molecular weight excluding hydrogens is 300 g/mol. The topological polar surface area (TPSA) is 132 Å². The summed E-state index contributed by atoms with van der Waals surface area (Å²) in [6.45, 7) is 1.81. The van der Waals surface area contributed by atoms with Gasteiger partial charge in [-0.15, -0.1) is 0 Å². The van der Waals surface area contributed by atoms with Crippen molar-refractivity contribution in [2.75, 3.05) is 20.1 Å². The van der Waals surface area contributed by atoms with Gasteiger partial charge in [0.25, 0.3) is 10.0 Å². The lowest BCUT2D eigenvalue weighted by atomic mass is 9.89. The van der Waals surface area contributed by atoms with Gasteiger partial charge in [-0.05, 0) is 13.3 Å². The number of aromatic carboxylic acids is 1. The van der Waals surface area contributed by atoms with Gasteiger partial charge in [0.05, 0.1) is 11.6 Å². The number of nitrogens with one attached hydrogen (secondary N) is 2. The van der Waals surface area contributed by atoms with E-state index >= 15 is 0 Å². The number of aromatic nitrogens is 2. The Morgan fingerprint density at radius 2 is 2.19 bits per heavy atom. The Labute approximate surface area is 121 Å². The van der Waals surface area contributed by atoms with Gasteiger partial charge >= 0.3 is 5.97 Å². The molecule has 0 aromatic carbocycles. The lowest BCUT2D eigenvalue weighted by Gasteiger charge is -2.22. The Morgan fingerprint density at radius 1 is 1.52 bits per heavy atom. The molecular formula is C11H16N4O5S. The summed E-state index contributed by atoms with van der Waals surface area (Å²) in [5.74, 6) is -1.63. The van der Waals surface area contributed by atoms with E-state index in [1.165, 1.54) is 7.05 Å². The molecule has 21 heavy (non-hydrogen) atoms. The second-order valence-electron chi connectivity index (χ2n) is 5.15. The van der Waals surface area contributed by atoms with Gasteiger partial charge in [-0.25, -0.2) is 13.2 Å². The highest BCUT2D eigenvalue weighted by atomic mass is 32.2. The van der Waals surface area contributed by atoms with Crippen molar-refractivity contribution in [3.05, 3.63) is 11.8 Å². The number of carbonyl (C=O) groups is 2. The van der Waals surface area contributed by atoms with Gasteiger partial charge in [0.15, 0.2) is 5.03 Å². The number of carboxylic acids is 1. The fourth-order valence-corrected chi connectivity index (χ4v) is 3.99. The minimum atomic E-state index is -4.03. The van der Waals surface area contributed by atoms with Crippen LogP contribution in [0.15, 0.2) is 11.2 Å². The SMILES string of the molecule is CNC(=O)C1(C)CCN(S(=O)(=O)c2[nH]ncc2C(=O)O)C1. The molecule has 0 radical (unpaired) electrons. The molecule has 1 aliphatic heterocycles. The van der Waals surface area contributed by atoms with Crippen LogP contribution in [-0.4, -0.2) is 60.0 Å². The van der Waals surface area contributed by atoms with Crippen LogP contribution in [0.2, 0.25) is 0 Å². The number of carboxylic acid groups (broad SMARTS) is 1. The van der Waals surface area contributed by atoms with Crippen LogP contribution < -0.4 is 5.32 Å². The number of sulfonamides is 1. The number of hydrogen-bond donors (Lipinski definition) is 3. The van der Waals surface area contributed by atoms with Crippen LogP contribution in [-0.2, 0) is 14.8 Å². The maximum Gasteiger partial charge on any atom is 0.340 e. The molecule has 3 N–H and O–H groups in total. The average Bonchev–Trinajstić information content (AvgIpc) is 3.05. The number of nitrogens with zero attached hydrogens (tertiary/aromatic N) is 2. The summed E-state index contributed by atoms with van der Waals surface area (Å²) >= 11 is 0. The van der Waals surface area contributed by atoms with Gasteiger partial charge in [-0.1, -0.05) is 0 Å². The first-order valence-corrected chi connectivity index (χ1v) is 7.65. The molecule has 2 heterocycles. The lowest BCUT2D eigenvalue weighted by Crippen LogP contribution is -2.40. The zero-order valence-electron chi connectivity index (χ0n) is 11.6. The molecule has 9 nitrogen and oxygen atoms in total. The third-order valence-electron chi connectivity index (χ3n) is 3.65. The molecule has 1 fully saturated rings. The molecule has 1 atom stereocenters. The summed E-state index contributed by atoms with van der Waals surface area (Å²) in [4.78, 5) is 22.8. The molecule has 116 valence electrons. The van der Waals surface area contributed by atoms with Crippen molar-refractivity contribution in [3.8, 4) is 0 Å². The van der Waals surface area contributed by atoms with Gasteiger partial charge in [0, 0.05) is 20.1 Å². The van der Waals surface area contributed by atoms with Gasteiger partial charge < -0.3 is 10.4 Å². The van der Waals surface area contributed by atoms with Crippen LogP contribution in [0, 0.1) is 5.41 Å². The van der Waals surface area contributed by atoms with Crippen molar-refractivity contribution < 1.29 is 23.1 Å². The van der Waals surface area contributed by atoms with Gasteiger partial charge in [0.2, 0.25) is 5.91 Å². The quantitative estimate of drug-likeness (QED) is 0.670. The number of carbonyl (C=O) groups excluding carboxylic acids is 1. The maximum atomic E-state index is 12.5.